The van der Waals surface area contributed by atoms with Crippen molar-refractivity contribution in [2.24, 2.45) is 7.05 Å². The number of carbonyl (C=O) groups is 1. The van der Waals surface area contributed by atoms with Crippen LogP contribution in [-0.4, -0.2) is 15.8 Å². The molecule has 0 spiro atoms. The Morgan fingerprint density at radius 1 is 1.18 bits per heavy atom. The lowest BCUT2D eigenvalue weighted by atomic mass is 10.3. The average molecular weight is 296 g/mol. The number of carbonyl (C=O) groups excluding carboxylic acids is 1. The van der Waals surface area contributed by atoms with Crippen LogP contribution in [0.2, 0.25) is 0 Å². The molecule has 22 heavy (non-hydrogen) atoms. The predicted molar refractivity (Wildman–Crippen MR) is 83.2 cm³/mol. The molecule has 1 aromatic carbocycles. The molecule has 6 heteroatoms. The molecule has 2 N–H and O–H groups in total. The average Bonchev–Trinajstić information content (AvgIpc) is 3.14. The molecule has 0 saturated heterocycles. The number of benzene rings is 1. The molecule has 6 nitrogen and oxygen atoms in total. The molecule has 0 aliphatic heterocycles. The largest absolute Gasteiger partial charge is 0.458 e. The summed E-state index contributed by atoms with van der Waals surface area (Å²) < 4.78 is 7.44. The molecule has 0 unspecified atom stereocenters. The van der Waals surface area contributed by atoms with Crippen LogP contribution in [0.3, 0.4) is 0 Å². The van der Waals surface area contributed by atoms with Gasteiger partial charge in [-0.1, -0.05) is 18.2 Å². The number of furan rings is 1. The SMILES string of the molecule is Cn1nccc1-c1ccc(CNC(=O)Nc2ccccc2)o1. The van der Waals surface area contributed by atoms with Crippen molar-refractivity contribution in [3.05, 3.63) is 60.5 Å². The van der Waals surface area contributed by atoms with Gasteiger partial charge >= 0.3 is 6.03 Å². The summed E-state index contributed by atoms with van der Waals surface area (Å²) in [7, 11) is 1.85. The zero-order valence-corrected chi connectivity index (χ0v) is 12.1. The molecular formula is C16H16N4O2. The molecule has 3 aromatic rings. The van der Waals surface area contributed by atoms with E-state index in [1.807, 2.05) is 55.6 Å². The van der Waals surface area contributed by atoms with Gasteiger partial charge in [-0.05, 0) is 30.3 Å². The predicted octanol–water partition coefficient (Wildman–Crippen LogP) is 3.00. The molecule has 112 valence electrons. The number of nitrogens with one attached hydrogen (secondary N) is 2. The van der Waals surface area contributed by atoms with Gasteiger partial charge in [0.25, 0.3) is 0 Å². The molecule has 0 atom stereocenters. The number of urea groups is 1. The first kappa shape index (κ1) is 13.9. The summed E-state index contributed by atoms with van der Waals surface area (Å²) in [5, 5.41) is 9.60. The van der Waals surface area contributed by atoms with E-state index in [1.165, 1.54) is 0 Å². The van der Waals surface area contributed by atoms with E-state index in [4.69, 9.17) is 4.42 Å². The lowest BCUT2D eigenvalue weighted by Gasteiger charge is -2.06. The highest BCUT2D eigenvalue weighted by Crippen LogP contribution is 2.21. The van der Waals surface area contributed by atoms with Crippen molar-refractivity contribution in [3.8, 4) is 11.5 Å². The zero-order valence-electron chi connectivity index (χ0n) is 12.1. The molecule has 0 aliphatic carbocycles. The number of nitrogens with zero attached hydrogens (tertiary/aromatic N) is 2. The van der Waals surface area contributed by atoms with Crippen molar-refractivity contribution in [2.75, 3.05) is 5.32 Å². The van der Waals surface area contributed by atoms with Gasteiger partial charge in [0.2, 0.25) is 0 Å². The summed E-state index contributed by atoms with van der Waals surface area (Å²) in [5.41, 5.74) is 1.63. The first-order chi connectivity index (χ1) is 10.7. The number of rotatable bonds is 4. The number of hydrogen-bond acceptors (Lipinski definition) is 3. The second kappa shape index (κ2) is 6.17. The van der Waals surface area contributed by atoms with Crippen molar-refractivity contribution in [2.45, 2.75) is 6.54 Å². The molecule has 2 heterocycles. The van der Waals surface area contributed by atoms with Gasteiger partial charge < -0.3 is 15.1 Å². The van der Waals surface area contributed by atoms with Gasteiger partial charge in [-0.15, -0.1) is 0 Å². The third-order valence-electron chi connectivity index (χ3n) is 3.19. The van der Waals surface area contributed by atoms with Crippen LogP contribution in [0.5, 0.6) is 0 Å². The highest BCUT2D eigenvalue weighted by atomic mass is 16.3. The Balaban J connectivity index is 1.57. The topological polar surface area (TPSA) is 72.1 Å². The Morgan fingerprint density at radius 2 is 2.00 bits per heavy atom. The quantitative estimate of drug-likeness (QED) is 0.777. The lowest BCUT2D eigenvalue weighted by molar-refractivity contribution is 0.251. The Kier molecular flexibility index (Phi) is 3.91. The van der Waals surface area contributed by atoms with Crippen molar-refractivity contribution in [1.82, 2.24) is 15.1 Å². The van der Waals surface area contributed by atoms with Gasteiger partial charge in [0.05, 0.1) is 6.54 Å². The fourth-order valence-corrected chi connectivity index (χ4v) is 2.09. The summed E-state index contributed by atoms with van der Waals surface area (Å²) in [4.78, 5) is 11.8. The second-order valence-electron chi connectivity index (χ2n) is 4.78. The Bertz CT molecular complexity index is 761. The fraction of sp³-hybridized carbons (Fsp3) is 0.125. The molecule has 0 saturated carbocycles. The lowest BCUT2D eigenvalue weighted by Crippen LogP contribution is -2.27. The minimum atomic E-state index is -0.273. The highest BCUT2D eigenvalue weighted by molar-refractivity contribution is 5.89. The zero-order chi connectivity index (χ0) is 15.4. The van der Waals surface area contributed by atoms with Crippen LogP contribution in [0.25, 0.3) is 11.5 Å². The fourth-order valence-electron chi connectivity index (χ4n) is 2.09. The standard InChI is InChI=1S/C16H16N4O2/c1-20-14(9-10-18-20)15-8-7-13(22-15)11-17-16(21)19-12-5-3-2-4-6-12/h2-10H,11H2,1H3,(H2,17,19,21). The number of anilines is 1. The molecule has 2 aromatic heterocycles. The Labute approximate surface area is 127 Å². The van der Waals surface area contributed by atoms with E-state index in [1.54, 1.807) is 10.9 Å². The van der Waals surface area contributed by atoms with Crippen LogP contribution in [0, 0.1) is 0 Å². The molecule has 3 rings (SSSR count). The van der Waals surface area contributed by atoms with Gasteiger partial charge in [0.15, 0.2) is 5.76 Å². The van der Waals surface area contributed by atoms with Crippen LogP contribution in [0.1, 0.15) is 5.76 Å². The van der Waals surface area contributed by atoms with Crippen molar-refractivity contribution >= 4 is 11.7 Å². The Hall–Kier alpha value is -3.02. The van der Waals surface area contributed by atoms with Crippen LogP contribution in [0.4, 0.5) is 10.5 Å². The maximum atomic E-state index is 11.8. The van der Waals surface area contributed by atoms with E-state index in [0.717, 1.165) is 17.1 Å². The molecular weight excluding hydrogens is 280 g/mol. The van der Waals surface area contributed by atoms with Gasteiger partial charge in [0, 0.05) is 18.9 Å². The summed E-state index contributed by atoms with van der Waals surface area (Å²) in [5.74, 6) is 1.40. The van der Waals surface area contributed by atoms with Gasteiger partial charge in [-0.3, -0.25) is 4.68 Å². The molecule has 0 radical (unpaired) electrons. The Morgan fingerprint density at radius 3 is 2.73 bits per heavy atom. The van der Waals surface area contributed by atoms with Crippen LogP contribution in [-0.2, 0) is 13.6 Å². The summed E-state index contributed by atoms with van der Waals surface area (Å²) in [6.07, 6.45) is 1.71. The molecule has 0 aliphatic rings. The third kappa shape index (κ3) is 3.17. The minimum Gasteiger partial charge on any atom is -0.458 e. The number of aromatic nitrogens is 2. The van der Waals surface area contributed by atoms with Crippen molar-refractivity contribution in [1.29, 1.82) is 0 Å². The number of aryl methyl sites for hydroxylation is 1. The van der Waals surface area contributed by atoms with Crippen LogP contribution >= 0.6 is 0 Å². The smallest absolute Gasteiger partial charge is 0.319 e. The van der Waals surface area contributed by atoms with Crippen molar-refractivity contribution < 1.29 is 9.21 Å². The number of para-hydroxylation sites is 1. The van der Waals surface area contributed by atoms with Gasteiger partial charge in [-0.25, -0.2) is 4.79 Å². The maximum Gasteiger partial charge on any atom is 0.319 e. The number of hydrogen-bond donors (Lipinski definition) is 2. The van der Waals surface area contributed by atoms with E-state index in [0.29, 0.717) is 12.3 Å². The number of amides is 2. The van der Waals surface area contributed by atoms with E-state index in [2.05, 4.69) is 15.7 Å². The molecule has 2 amide bonds. The normalized spacial score (nSPS) is 10.4. The van der Waals surface area contributed by atoms with E-state index in [9.17, 15) is 4.79 Å². The van der Waals surface area contributed by atoms with E-state index < -0.39 is 0 Å². The molecule has 0 fully saturated rings. The summed E-state index contributed by atoms with van der Waals surface area (Å²) >= 11 is 0. The third-order valence-corrected chi connectivity index (χ3v) is 3.19. The first-order valence-electron chi connectivity index (χ1n) is 6.89. The van der Waals surface area contributed by atoms with Gasteiger partial charge in [0.1, 0.15) is 11.5 Å². The first-order valence-corrected chi connectivity index (χ1v) is 6.89. The second-order valence-corrected chi connectivity index (χ2v) is 4.78. The van der Waals surface area contributed by atoms with Crippen molar-refractivity contribution in [3.63, 3.8) is 0 Å². The molecule has 0 bridgehead atoms. The maximum absolute atomic E-state index is 11.8. The minimum absolute atomic E-state index is 0.273. The summed E-state index contributed by atoms with van der Waals surface area (Å²) in [6, 6.07) is 14.6. The van der Waals surface area contributed by atoms with Gasteiger partial charge in [-0.2, -0.15) is 5.10 Å². The van der Waals surface area contributed by atoms with Crippen LogP contribution < -0.4 is 10.6 Å². The monoisotopic (exact) mass is 296 g/mol. The van der Waals surface area contributed by atoms with E-state index >= 15 is 0 Å². The summed E-state index contributed by atoms with van der Waals surface area (Å²) in [6.45, 7) is 0.316. The van der Waals surface area contributed by atoms with Crippen LogP contribution in [0.15, 0.2) is 59.1 Å². The van der Waals surface area contributed by atoms with E-state index in [-0.39, 0.29) is 6.03 Å². The highest BCUT2D eigenvalue weighted by Gasteiger charge is 2.09.